The predicted octanol–water partition coefficient (Wildman–Crippen LogP) is 1.33. The van der Waals surface area contributed by atoms with Crippen molar-refractivity contribution in [2.24, 2.45) is 11.8 Å². The van der Waals surface area contributed by atoms with E-state index in [1.54, 1.807) is 0 Å². The largest absolute Gasteiger partial charge is 0.390 e. The van der Waals surface area contributed by atoms with Crippen LogP contribution in [-0.4, -0.2) is 22.4 Å². The molecule has 0 aromatic carbocycles. The summed E-state index contributed by atoms with van der Waals surface area (Å²) in [6.45, 7) is 6.02. The molecule has 0 aliphatic heterocycles. The first kappa shape index (κ1) is 9.75. The summed E-state index contributed by atoms with van der Waals surface area (Å²) in [6, 6.07) is 0. The fourth-order valence-electron chi connectivity index (χ4n) is 1.75. The van der Waals surface area contributed by atoms with Gasteiger partial charge in [0.15, 0.2) is 0 Å². The van der Waals surface area contributed by atoms with Crippen molar-refractivity contribution in [2.75, 3.05) is 0 Å². The summed E-state index contributed by atoms with van der Waals surface area (Å²) in [5, 5.41) is 19.2. The van der Waals surface area contributed by atoms with E-state index in [4.69, 9.17) is 0 Å². The maximum atomic E-state index is 9.69. The molecule has 0 aromatic rings. The van der Waals surface area contributed by atoms with Crippen molar-refractivity contribution in [3.63, 3.8) is 0 Å². The molecular formula is C10H18O2. The van der Waals surface area contributed by atoms with Crippen molar-refractivity contribution in [2.45, 2.75) is 39.4 Å². The summed E-state index contributed by atoms with van der Waals surface area (Å²) in [4.78, 5) is 0. The molecular weight excluding hydrogens is 152 g/mol. The minimum absolute atomic E-state index is 0.212. The molecule has 0 radical (unpaired) electrons. The van der Waals surface area contributed by atoms with Crippen LogP contribution in [0.5, 0.6) is 0 Å². The third-order valence-corrected chi connectivity index (χ3v) is 2.80. The zero-order valence-electron chi connectivity index (χ0n) is 7.99. The van der Waals surface area contributed by atoms with Crippen LogP contribution in [0.25, 0.3) is 0 Å². The van der Waals surface area contributed by atoms with Crippen molar-refractivity contribution in [3.05, 3.63) is 11.6 Å². The van der Waals surface area contributed by atoms with E-state index in [0.717, 1.165) is 12.0 Å². The van der Waals surface area contributed by atoms with Crippen molar-refractivity contribution < 1.29 is 10.2 Å². The highest BCUT2D eigenvalue weighted by Gasteiger charge is 2.31. The molecule has 0 unspecified atom stereocenters. The van der Waals surface area contributed by atoms with Gasteiger partial charge in [0, 0.05) is 0 Å². The second kappa shape index (κ2) is 3.58. The summed E-state index contributed by atoms with van der Waals surface area (Å²) >= 11 is 0. The zero-order valence-corrected chi connectivity index (χ0v) is 7.99. The van der Waals surface area contributed by atoms with E-state index in [1.165, 1.54) is 0 Å². The molecule has 2 nitrogen and oxygen atoms in total. The first-order valence-corrected chi connectivity index (χ1v) is 4.56. The van der Waals surface area contributed by atoms with Gasteiger partial charge in [0.25, 0.3) is 0 Å². The monoisotopic (exact) mass is 170 g/mol. The zero-order chi connectivity index (χ0) is 9.30. The van der Waals surface area contributed by atoms with Crippen LogP contribution in [0.4, 0.5) is 0 Å². The topological polar surface area (TPSA) is 40.5 Å². The average molecular weight is 170 g/mol. The lowest BCUT2D eigenvalue weighted by atomic mass is 9.79. The van der Waals surface area contributed by atoms with Crippen LogP contribution in [-0.2, 0) is 0 Å². The molecule has 1 aliphatic rings. The van der Waals surface area contributed by atoms with E-state index < -0.39 is 12.2 Å². The molecule has 0 fully saturated rings. The van der Waals surface area contributed by atoms with E-state index in [-0.39, 0.29) is 5.92 Å². The van der Waals surface area contributed by atoms with Gasteiger partial charge in [-0.3, -0.25) is 0 Å². The molecule has 0 amide bonds. The predicted molar refractivity (Wildman–Crippen MR) is 48.7 cm³/mol. The van der Waals surface area contributed by atoms with E-state index in [9.17, 15) is 10.2 Å². The third-order valence-electron chi connectivity index (χ3n) is 2.80. The Morgan fingerprint density at radius 3 is 2.50 bits per heavy atom. The molecule has 0 saturated carbocycles. The Bertz CT molecular complexity index is 184. The molecule has 0 spiro atoms. The second-order valence-electron chi connectivity index (χ2n) is 4.03. The minimum Gasteiger partial charge on any atom is -0.390 e. The maximum Gasteiger partial charge on any atom is 0.101 e. The smallest absolute Gasteiger partial charge is 0.101 e. The Hall–Kier alpha value is -0.340. The normalized spacial score (nSPS) is 36.8. The molecule has 12 heavy (non-hydrogen) atoms. The van der Waals surface area contributed by atoms with E-state index >= 15 is 0 Å². The van der Waals surface area contributed by atoms with Gasteiger partial charge in [-0.25, -0.2) is 0 Å². The molecule has 1 rings (SSSR count). The summed E-state index contributed by atoms with van der Waals surface area (Å²) in [5.74, 6) is 0.641. The van der Waals surface area contributed by atoms with Crippen molar-refractivity contribution in [1.82, 2.24) is 0 Å². The number of rotatable bonds is 1. The second-order valence-corrected chi connectivity index (χ2v) is 4.03. The fraction of sp³-hybridized carbons (Fsp3) is 0.800. The molecule has 0 aromatic heterocycles. The number of hydrogen-bond donors (Lipinski definition) is 2. The molecule has 2 heteroatoms. The summed E-state index contributed by atoms with van der Waals surface area (Å²) in [6.07, 6.45) is 1.70. The quantitative estimate of drug-likeness (QED) is 0.583. The summed E-state index contributed by atoms with van der Waals surface area (Å²) < 4.78 is 0. The van der Waals surface area contributed by atoms with Gasteiger partial charge in [0.05, 0.1) is 6.10 Å². The van der Waals surface area contributed by atoms with Crippen molar-refractivity contribution in [3.8, 4) is 0 Å². The Balaban J connectivity index is 2.73. The van der Waals surface area contributed by atoms with E-state index in [0.29, 0.717) is 5.92 Å². The van der Waals surface area contributed by atoms with Gasteiger partial charge in [-0.2, -0.15) is 0 Å². The molecule has 0 saturated heterocycles. The standard InChI is InChI=1S/C10H18O2/c1-6(2)8-5-4-7(3)9(11)10(8)12/h4,6,8-12H,5H2,1-3H3/t8-,9-,10+/m1/s1. The third kappa shape index (κ3) is 1.70. The van der Waals surface area contributed by atoms with Gasteiger partial charge in [-0.05, 0) is 30.8 Å². The lowest BCUT2D eigenvalue weighted by molar-refractivity contribution is -0.0184. The molecule has 0 bridgehead atoms. The molecule has 0 heterocycles. The SMILES string of the molecule is CC1=CC[C@H](C(C)C)[C@H](O)[C@@H]1O. The molecule has 70 valence electrons. The number of aliphatic hydroxyl groups is 2. The van der Waals surface area contributed by atoms with Crippen LogP contribution in [0.3, 0.4) is 0 Å². The van der Waals surface area contributed by atoms with Gasteiger partial charge in [-0.15, -0.1) is 0 Å². The van der Waals surface area contributed by atoms with Crippen molar-refractivity contribution in [1.29, 1.82) is 0 Å². The number of hydrogen-bond acceptors (Lipinski definition) is 2. The van der Waals surface area contributed by atoms with Gasteiger partial charge in [-0.1, -0.05) is 19.9 Å². The minimum atomic E-state index is -0.647. The Labute approximate surface area is 73.9 Å². The van der Waals surface area contributed by atoms with E-state index in [1.807, 2.05) is 13.0 Å². The number of aliphatic hydroxyl groups excluding tert-OH is 2. The van der Waals surface area contributed by atoms with Gasteiger partial charge >= 0.3 is 0 Å². The first-order valence-electron chi connectivity index (χ1n) is 4.56. The Morgan fingerprint density at radius 1 is 1.42 bits per heavy atom. The highest BCUT2D eigenvalue weighted by Crippen LogP contribution is 2.29. The van der Waals surface area contributed by atoms with Crippen LogP contribution in [0.1, 0.15) is 27.2 Å². The Morgan fingerprint density at radius 2 is 2.00 bits per heavy atom. The lowest BCUT2D eigenvalue weighted by Crippen LogP contribution is -2.39. The Kier molecular flexibility index (Phi) is 2.91. The summed E-state index contributed by atoms with van der Waals surface area (Å²) in [5.41, 5.74) is 0.902. The van der Waals surface area contributed by atoms with E-state index in [2.05, 4.69) is 13.8 Å². The lowest BCUT2D eigenvalue weighted by Gasteiger charge is -2.33. The average Bonchev–Trinajstić information content (AvgIpc) is 2.00. The van der Waals surface area contributed by atoms with Crippen LogP contribution < -0.4 is 0 Å². The summed E-state index contributed by atoms with van der Waals surface area (Å²) in [7, 11) is 0. The van der Waals surface area contributed by atoms with Crippen molar-refractivity contribution >= 4 is 0 Å². The van der Waals surface area contributed by atoms with Gasteiger partial charge in [0.2, 0.25) is 0 Å². The van der Waals surface area contributed by atoms with Crippen LogP contribution in [0.2, 0.25) is 0 Å². The maximum absolute atomic E-state index is 9.69. The van der Waals surface area contributed by atoms with Crippen LogP contribution in [0.15, 0.2) is 11.6 Å². The molecule has 2 N–H and O–H groups in total. The van der Waals surface area contributed by atoms with Gasteiger partial charge < -0.3 is 10.2 Å². The highest BCUT2D eigenvalue weighted by atomic mass is 16.3. The van der Waals surface area contributed by atoms with Crippen LogP contribution >= 0.6 is 0 Å². The fourth-order valence-corrected chi connectivity index (χ4v) is 1.75. The highest BCUT2D eigenvalue weighted by molar-refractivity contribution is 5.13. The number of allylic oxidation sites excluding steroid dienone is 1. The molecule has 3 atom stereocenters. The van der Waals surface area contributed by atoms with Crippen LogP contribution in [0, 0.1) is 11.8 Å². The molecule has 1 aliphatic carbocycles. The first-order chi connectivity index (χ1) is 5.54. The van der Waals surface area contributed by atoms with Gasteiger partial charge in [0.1, 0.15) is 6.10 Å².